The predicted molar refractivity (Wildman–Crippen MR) is 147 cm³/mol. The Bertz CT molecular complexity index is 1370. The summed E-state index contributed by atoms with van der Waals surface area (Å²) in [6.07, 6.45) is 0. The second kappa shape index (κ2) is 12.9. The van der Waals surface area contributed by atoms with E-state index in [1.165, 1.54) is 35.2 Å². The van der Waals surface area contributed by atoms with Crippen LogP contribution in [0.15, 0.2) is 83.8 Å². The molecule has 0 aliphatic carbocycles. The van der Waals surface area contributed by atoms with E-state index in [0.717, 1.165) is 10.4 Å². The van der Waals surface area contributed by atoms with Crippen molar-refractivity contribution in [2.24, 2.45) is 5.92 Å². The molecule has 3 aromatic carbocycles. The Morgan fingerprint density at radius 3 is 2.24 bits per heavy atom. The van der Waals surface area contributed by atoms with Gasteiger partial charge < -0.3 is 10.2 Å². The van der Waals surface area contributed by atoms with Crippen molar-refractivity contribution in [3.8, 4) is 0 Å². The summed E-state index contributed by atoms with van der Waals surface area (Å²) in [6, 6.07) is 18.7. The van der Waals surface area contributed by atoms with Crippen molar-refractivity contribution < 1.29 is 22.4 Å². The standard InChI is InChI=1S/C28H31ClFN3O4S/c1-20(2)17-31-28(35)21(3)32(18-22-10-9-11-23(29)16-22)27(34)19-33(26-15-8-7-14-25(26)30)38(36,37)24-12-5-4-6-13-24/h4-16,20-21H,17-19H2,1-3H3,(H,31,35). The molecule has 7 nitrogen and oxygen atoms in total. The lowest BCUT2D eigenvalue weighted by atomic mass is 10.1. The highest BCUT2D eigenvalue weighted by molar-refractivity contribution is 7.92. The molecule has 0 aromatic heterocycles. The molecule has 2 amide bonds. The molecule has 0 saturated carbocycles. The Morgan fingerprint density at radius 1 is 0.947 bits per heavy atom. The van der Waals surface area contributed by atoms with Gasteiger partial charge in [-0.1, -0.05) is 67.9 Å². The molecule has 0 saturated heterocycles. The molecule has 1 unspecified atom stereocenters. The maximum Gasteiger partial charge on any atom is 0.264 e. The SMILES string of the molecule is CC(C)CNC(=O)C(C)N(Cc1cccc(Cl)c1)C(=O)CN(c1ccccc1F)S(=O)(=O)c1ccccc1. The Labute approximate surface area is 228 Å². The number of rotatable bonds is 11. The molecule has 202 valence electrons. The zero-order valence-electron chi connectivity index (χ0n) is 21.5. The van der Waals surface area contributed by atoms with Gasteiger partial charge in [0.2, 0.25) is 11.8 Å². The lowest BCUT2D eigenvalue weighted by Gasteiger charge is -2.32. The number of hydrogen-bond donors (Lipinski definition) is 1. The molecule has 0 radical (unpaired) electrons. The second-order valence-corrected chi connectivity index (χ2v) is 11.5. The molecule has 10 heteroatoms. The minimum absolute atomic E-state index is 0.00778. The fourth-order valence-corrected chi connectivity index (χ4v) is 5.41. The van der Waals surface area contributed by atoms with Crippen LogP contribution in [0.4, 0.5) is 10.1 Å². The normalized spacial score (nSPS) is 12.2. The highest BCUT2D eigenvalue weighted by atomic mass is 35.5. The number of carbonyl (C=O) groups excluding carboxylic acids is 2. The second-order valence-electron chi connectivity index (χ2n) is 9.24. The van der Waals surface area contributed by atoms with Gasteiger partial charge in [0.1, 0.15) is 18.4 Å². The Kier molecular flexibility index (Phi) is 9.88. The van der Waals surface area contributed by atoms with Crippen LogP contribution < -0.4 is 9.62 Å². The maximum absolute atomic E-state index is 14.9. The minimum atomic E-state index is -4.33. The van der Waals surface area contributed by atoms with Crippen LogP contribution in [0.2, 0.25) is 5.02 Å². The summed E-state index contributed by atoms with van der Waals surface area (Å²) >= 11 is 6.13. The molecule has 0 aliphatic heterocycles. The van der Waals surface area contributed by atoms with Crippen LogP contribution in [-0.2, 0) is 26.2 Å². The molecule has 3 rings (SSSR count). The van der Waals surface area contributed by atoms with Crippen molar-refractivity contribution in [3.63, 3.8) is 0 Å². The van der Waals surface area contributed by atoms with Crippen LogP contribution in [0.3, 0.4) is 0 Å². The average Bonchev–Trinajstić information content (AvgIpc) is 2.89. The number of nitrogens with one attached hydrogen (secondary N) is 1. The Hall–Kier alpha value is -3.43. The van der Waals surface area contributed by atoms with Gasteiger partial charge >= 0.3 is 0 Å². The monoisotopic (exact) mass is 559 g/mol. The van der Waals surface area contributed by atoms with Crippen molar-refractivity contribution in [1.82, 2.24) is 10.2 Å². The average molecular weight is 560 g/mol. The quantitative estimate of drug-likeness (QED) is 0.363. The van der Waals surface area contributed by atoms with E-state index in [9.17, 15) is 22.4 Å². The highest BCUT2D eigenvalue weighted by Gasteiger charge is 2.33. The van der Waals surface area contributed by atoms with E-state index in [-0.39, 0.29) is 23.0 Å². The fourth-order valence-electron chi connectivity index (χ4n) is 3.75. The van der Waals surface area contributed by atoms with Gasteiger partial charge in [0.25, 0.3) is 10.0 Å². The number of para-hydroxylation sites is 1. The van der Waals surface area contributed by atoms with Crippen LogP contribution in [0.5, 0.6) is 0 Å². The van der Waals surface area contributed by atoms with Crippen molar-refractivity contribution in [3.05, 3.63) is 95.3 Å². The smallest absolute Gasteiger partial charge is 0.264 e. The van der Waals surface area contributed by atoms with Crippen LogP contribution in [-0.4, -0.2) is 44.3 Å². The van der Waals surface area contributed by atoms with Gasteiger partial charge in [-0.05, 0) is 54.8 Å². The molecule has 0 aliphatic rings. The number of sulfonamides is 1. The number of nitrogens with zero attached hydrogens (tertiary/aromatic N) is 2. The Morgan fingerprint density at radius 2 is 1.61 bits per heavy atom. The van der Waals surface area contributed by atoms with E-state index in [2.05, 4.69) is 5.32 Å². The first-order valence-electron chi connectivity index (χ1n) is 12.1. The fraction of sp³-hybridized carbons (Fsp3) is 0.286. The predicted octanol–water partition coefficient (Wildman–Crippen LogP) is 4.86. The first-order valence-corrected chi connectivity index (χ1v) is 14.0. The highest BCUT2D eigenvalue weighted by Crippen LogP contribution is 2.27. The summed E-state index contributed by atoms with van der Waals surface area (Å²) < 4.78 is 42.9. The molecule has 1 N–H and O–H groups in total. The summed E-state index contributed by atoms with van der Waals surface area (Å²) in [7, 11) is -4.33. The number of hydrogen-bond acceptors (Lipinski definition) is 4. The van der Waals surface area contributed by atoms with Gasteiger partial charge in [-0.15, -0.1) is 0 Å². The third-order valence-electron chi connectivity index (χ3n) is 5.83. The summed E-state index contributed by atoms with van der Waals surface area (Å²) in [5.41, 5.74) is 0.377. The van der Waals surface area contributed by atoms with Crippen LogP contribution in [0.1, 0.15) is 26.3 Å². The van der Waals surface area contributed by atoms with Gasteiger partial charge in [-0.2, -0.15) is 0 Å². The summed E-state index contributed by atoms with van der Waals surface area (Å²) in [6.45, 7) is 5.14. The van der Waals surface area contributed by atoms with Crippen LogP contribution in [0.25, 0.3) is 0 Å². The van der Waals surface area contributed by atoms with Gasteiger partial charge in [0.05, 0.1) is 10.6 Å². The molecule has 0 heterocycles. The van der Waals surface area contributed by atoms with Gasteiger partial charge in [-0.3, -0.25) is 13.9 Å². The van der Waals surface area contributed by atoms with E-state index in [4.69, 9.17) is 11.6 Å². The number of halogens is 2. The van der Waals surface area contributed by atoms with Crippen LogP contribution >= 0.6 is 11.6 Å². The van der Waals surface area contributed by atoms with Crippen LogP contribution in [0, 0.1) is 11.7 Å². The maximum atomic E-state index is 14.9. The van der Waals surface area contributed by atoms with E-state index in [1.54, 1.807) is 49.4 Å². The number of carbonyl (C=O) groups is 2. The topological polar surface area (TPSA) is 86.8 Å². The molecular weight excluding hydrogens is 529 g/mol. The van der Waals surface area contributed by atoms with E-state index < -0.39 is 40.2 Å². The first-order chi connectivity index (χ1) is 18.0. The van der Waals surface area contributed by atoms with Crippen molar-refractivity contribution in [2.75, 3.05) is 17.4 Å². The van der Waals surface area contributed by atoms with Gasteiger partial charge in [0, 0.05) is 18.1 Å². The van der Waals surface area contributed by atoms with Gasteiger partial charge in [0.15, 0.2) is 0 Å². The minimum Gasteiger partial charge on any atom is -0.354 e. The van der Waals surface area contributed by atoms with Crippen molar-refractivity contribution in [2.45, 2.75) is 38.3 Å². The summed E-state index contributed by atoms with van der Waals surface area (Å²) in [4.78, 5) is 27.9. The van der Waals surface area contributed by atoms with Gasteiger partial charge in [-0.25, -0.2) is 12.8 Å². The van der Waals surface area contributed by atoms with Crippen molar-refractivity contribution in [1.29, 1.82) is 0 Å². The third-order valence-corrected chi connectivity index (χ3v) is 7.83. The van der Waals surface area contributed by atoms with E-state index >= 15 is 0 Å². The molecule has 0 spiro atoms. The summed E-state index contributed by atoms with van der Waals surface area (Å²) in [5, 5.41) is 3.26. The third kappa shape index (κ3) is 7.33. The number of amides is 2. The molecule has 3 aromatic rings. The molecule has 1 atom stereocenters. The first kappa shape index (κ1) is 29.1. The lowest BCUT2D eigenvalue weighted by Crippen LogP contribution is -2.51. The molecule has 38 heavy (non-hydrogen) atoms. The molecule has 0 bridgehead atoms. The molecular formula is C28H31ClFN3O4S. The largest absolute Gasteiger partial charge is 0.354 e. The zero-order valence-corrected chi connectivity index (χ0v) is 23.0. The van der Waals surface area contributed by atoms with Crippen molar-refractivity contribution >= 4 is 39.1 Å². The van der Waals surface area contributed by atoms with E-state index in [1.807, 2.05) is 13.8 Å². The number of anilines is 1. The van der Waals surface area contributed by atoms with E-state index in [0.29, 0.717) is 17.1 Å². The summed E-state index contributed by atoms with van der Waals surface area (Å²) in [5.74, 6) is -1.68. The lowest BCUT2D eigenvalue weighted by molar-refractivity contribution is -0.139. The zero-order chi connectivity index (χ0) is 27.9. The Balaban J connectivity index is 2.01. The number of benzene rings is 3. The molecule has 0 fully saturated rings.